The predicted octanol–water partition coefficient (Wildman–Crippen LogP) is 1.66. The van der Waals surface area contributed by atoms with E-state index < -0.39 is 5.97 Å². The Kier molecular flexibility index (Phi) is 5.08. The van der Waals surface area contributed by atoms with Crippen molar-refractivity contribution in [1.82, 2.24) is 4.98 Å². The monoisotopic (exact) mass is 290 g/mol. The topological polar surface area (TPSA) is 91.7 Å². The SMILES string of the molecule is Cc1cc(NCCOCCO)c2cc(C(=O)O)ccc2n1. The first-order valence-corrected chi connectivity index (χ1v) is 6.69. The molecule has 2 rings (SSSR count). The van der Waals surface area contributed by atoms with Crippen molar-refractivity contribution in [3.63, 3.8) is 0 Å². The van der Waals surface area contributed by atoms with Crippen molar-refractivity contribution in [3.8, 4) is 0 Å². The molecule has 0 atom stereocenters. The van der Waals surface area contributed by atoms with Gasteiger partial charge in [-0.25, -0.2) is 4.79 Å². The van der Waals surface area contributed by atoms with Gasteiger partial charge in [-0.1, -0.05) is 0 Å². The number of nitrogens with one attached hydrogen (secondary N) is 1. The molecular weight excluding hydrogens is 272 g/mol. The van der Waals surface area contributed by atoms with Crippen molar-refractivity contribution < 1.29 is 19.7 Å². The van der Waals surface area contributed by atoms with Gasteiger partial charge in [0.15, 0.2) is 0 Å². The highest BCUT2D eigenvalue weighted by Gasteiger charge is 2.08. The zero-order chi connectivity index (χ0) is 15.2. The quantitative estimate of drug-likeness (QED) is 0.672. The van der Waals surface area contributed by atoms with E-state index in [0.29, 0.717) is 19.8 Å². The number of rotatable bonds is 7. The summed E-state index contributed by atoms with van der Waals surface area (Å²) in [5.41, 5.74) is 2.66. The van der Waals surface area contributed by atoms with Crippen molar-refractivity contribution in [2.75, 3.05) is 31.7 Å². The van der Waals surface area contributed by atoms with E-state index in [0.717, 1.165) is 22.3 Å². The van der Waals surface area contributed by atoms with Crippen LogP contribution in [0, 0.1) is 6.92 Å². The maximum absolute atomic E-state index is 11.1. The number of anilines is 1. The van der Waals surface area contributed by atoms with Gasteiger partial charge in [-0.3, -0.25) is 4.98 Å². The number of carboxylic acids is 1. The Balaban J connectivity index is 2.23. The third kappa shape index (κ3) is 3.90. The van der Waals surface area contributed by atoms with E-state index in [1.165, 1.54) is 0 Å². The normalized spacial score (nSPS) is 10.8. The van der Waals surface area contributed by atoms with E-state index in [4.69, 9.17) is 14.9 Å². The van der Waals surface area contributed by atoms with Gasteiger partial charge in [0.25, 0.3) is 0 Å². The zero-order valence-electron chi connectivity index (χ0n) is 11.8. The fourth-order valence-electron chi connectivity index (χ4n) is 2.06. The van der Waals surface area contributed by atoms with E-state index in [1.807, 2.05) is 13.0 Å². The highest BCUT2D eigenvalue weighted by Crippen LogP contribution is 2.24. The average Bonchev–Trinajstić information content (AvgIpc) is 2.46. The van der Waals surface area contributed by atoms with Gasteiger partial charge in [-0.05, 0) is 31.2 Å². The van der Waals surface area contributed by atoms with Crippen LogP contribution in [0.15, 0.2) is 24.3 Å². The maximum Gasteiger partial charge on any atom is 0.335 e. The van der Waals surface area contributed by atoms with Crippen LogP contribution >= 0.6 is 0 Å². The van der Waals surface area contributed by atoms with Crippen LogP contribution in [0.3, 0.4) is 0 Å². The van der Waals surface area contributed by atoms with Crippen LogP contribution in [0.25, 0.3) is 10.9 Å². The number of nitrogens with zero attached hydrogens (tertiary/aromatic N) is 1. The number of aliphatic hydroxyl groups is 1. The highest BCUT2D eigenvalue weighted by atomic mass is 16.5. The molecule has 0 unspecified atom stereocenters. The van der Waals surface area contributed by atoms with Crippen molar-refractivity contribution in [2.45, 2.75) is 6.92 Å². The van der Waals surface area contributed by atoms with Crippen molar-refractivity contribution in [3.05, 3.63) is 35.5 Å². The minimum Gasteiger partial charge on any atom is -0.478 e. The van der Waals surface area contributed by atoms with Gasteiger partial charge in [0.2, 0.25) is 0 Å². The lowest BCUT2D eigenvalue weighted by atomic mass is 10.1. The second kappa shape index (κ2) is 7.01. The number of aliphatic hydroxyl groups excluding tert-OH is 1. The van der Waals surface area contributed by atoms with Crippen molar-refractivity contribution >= 4 is 22.6 Å². The Hall–Kier alpha value is -2.18. The second-order valence-electron chi connectivity index (χ2n) is 4.61. The Bertz CT molecular complexity index is 643. The predicted molar refractivity (Wildman–Crippen MR) is 79.8 cm³/mol. The van der Waals surface area contributed by atoms with Gasteiger partial charge in [0, 0.05) is 23.3 Å². The van der Waals surface area contributed by atoms with Gasteiger partial charge >= 0.3 is 5.97 Å². The molecule has 0 bridgehead atoms. The van der Waals surface area contributed by atoms with Crippen LogP contribution in [0.5, 0.6) is 0 Å². The standard InChI is InChI=1S/C15H18N2O4/c1-10-8-14(16-4-6-21-7-5-18)12-9-11(15(19)20)2-3-13(12)17-10/h2-3,8-9,18H,4-7H2,1H3,(H,16,17)(H,19,20). The lowest BCUT2D eigenvalue weighted by Crippen LogP contribution is -2.12. The molecule has 0 amide bonds. The summed E-state index contributed by atoms with van der Waals surface area (Å²) in [6.07, 6.45) is 0. The molecule has 2 aromatic rings. The third-order valence-electron chi connectivity index (χ3n) is 2.98. The van der Waals surface area contributed by atoms with Gasteiger partial charge < -0.3 is 20.3 Å². The lowest BCUT2D eigenvalue weighted by molar-refractivity contribution is 0.0697. The molecule has 21 heavy (non-hydrogen) atoms. The summed E-state index contributed by atoms with van der Waals surface area (Å²) in [5.74, 6) is -0.963. The lowest BCUT2D eigenvalue weighted by Gasteiger charge is -2.11. The average molecular weight is 290 g/mol. The molecule has 1 aromatic carbocycles. The van der Waals surface area contributed by atoms with Gasteiger partial charge in [-0.15, -0.1) is 0 Å². The van der Waals surface area contributed by atoms with Crippen LogP contribution in [0.2, 0.25) is 0 Å². The molecule has 6 heteroatoms. The molecule has 0 aliphatic heterocycles. The number of aromatic carboxylic acids is 1. The molecule has 0 aliphatic rings. The molecule has 0 saturated heterocycles. The van der Waals surface area contributed by atoms with E-state index in [-0.39, 0.29) is 12.2 Å². The number of hydrogen-bond acceptors (Lipinski definition) is 5. The Morgan fingerprint density at radius 2 is 2.14 bits per heavy atom. The van der Waals surface area contributed by atoms with Crippen LogP contribution < -0.4 is 5.32 Å². The van der Waals surface area contributed by atoms with Gasteiger partial charge in [-0.2, -0.15) is 0 Å². The first-order chi connectivity index (χ1) is 10.1. The number of aromatic nitrogens is 1. The molecule has 0 fully saturated rings. The second-order valence-corrected chi connectivity index (χ2v) is 4.61. The number of hydrogen-bond donors (Lipinski definition) is 3. The van der Waals surface area contributed by atoms with Crippen LogP contribution in [0.4, 0.5) is 5.69 Å². The first kappa shape index (κ1) is 15.2. The molecular formula is C15H18N2O4. The summed E-state index contributed by atoms with van der Waals surface area (Å²) < 4.78 is 5.19. The summed E-state index contributed by atoms with van der Waals surface area (Å²) >= 11 is 0. The summed E-state index contributed by atoms with van der Waals surface area (Å²) in [6, 6.07) is 6.74. The molecule has 1 heterocycles. The number of carbonyl (C=O) groups is 1. The number of pyridine rings is 1. The molecule has 3 N–H and O–H groups in total. The van der Waals surface area contributed by atoms with E-state index >= 15 is 0 Å². The number of ether oxygens (including phenoxy) is 1. The first-order valence-electron chi connectivity index (χ1n) is 6.69. The van der Waals surface area contributed by atoms with Crippen LogP contribution in [-0.2, 0) is 4.74 Å². The fourth-order valence-corrected chi connectivity index (χ4v) is 2.06. The number of carboxylic acid groups (broad SMARTS) is 1. The summed E-state index contributed by atoms with van der Waals surface area (Å²) in [5, 5.41) is 21.7. The fraction of sp³-hybridized carbons (Fsp3) is 0.333. The molecule has 0 radical (unpaired) electrons. The van der Waals surface area contributed by atoms with Gasteiger partial charge in [0.05, 0.1) is 30.9 Å². The van der Waals surface area contributed by atoms with Crippen molar-refractivity contribution in [2.24, 2.45) is 0 Å². The minimum absolute atomic E-state index is 0.000727. The van der Waals surface area contributed by atoms with Crippen molar-refractivity contribution in [1.29, 1.82) is 0 Å². The molecule has 1 aromatic heterocycles. The van der Waals surface area contributed by atoms with E-state index in [1.54, 1.807) is 18.2 Å². The largest absolute Gasteiger partial charge is 0.478 e. The highest BCUT2D eigenvalue weighted by molar-refractivity contribution is 5.98. The Morgan fingerprint density at radius 1 is 1.33 bits per heavy atom. The summed E-state index contributed by atoms with van der Waals surface area (Å²) in [4.78, 5) is 15.5. The number of fused-ring (bicyclic) bond motifs is 1. The molecule has 0 spiro atoms. The molecule has 112 valence electrons. The zero-order valence-corrected chi connectivity index (χ0v) is 11.8. The molecule has 6 nitrogen and oxygen atoms in total. The van der Waals surface area contributed by atoms with Crippen LogP contribution in [-0.4, -0.2) is 47.5 Å². The maximum atomic E-state index is 11.1. The van der Waals surface area contributed by atoms with Gasteiger partial charge in [0.1, 0.15) is 0 Å². The third-order valence-corrected chi connectivity index (χ3v) is 2.98. The Morgan fingerprint density at radius 3 is 2.86 bits per heavy atom. The number of aryl methyl sites for hydroxylation is 1. The van der Waals surface area contributed by atoms with E-state index in [2.05, 4.69) is 10.3 Å². The van der Waals surface area contributed by atoms with Crippen LogP contribution in [0.1, 0.15) is 16.1 Å². The molecule has 0 aliphatic carbocycles. The summed E-state index contributed by atoms with van der Waals surface area (Å²) in [7, 11) is 0. The number of benzene rings is 1. The summed E-state index contributed by atoms with van der Waals surface area (Å²) in [6.45, 7) is 3.22. The Labute approximate surface area is 122 Å². The van der Waals surface area contributed by atoms with E-state index in [9.17, 15) is 4.79 Å². The smallest absolute Gasteiger partial charge is 0.335 e. The molecule has 0 saturated carbocycles. The minimum atomic E-state index is -0.963.